The van der Waals surface area contributed by atoms with Crippen LogP contribution in [0.25, 0.3) is 0 Å². The van der Waals surface area contributed by atoms with Gasteiger partial charge in [0.25, 0.3) is 0 Å². The number of nitrogens with one attached hydrogen (secondary N) is 2. The van der Waals surface area contributed by atoms with Crippen LogP contribution in [0.3, 0.4) is 0 Å². The molecular formula is C15H21BrN2O3. The van der Waals surface area contributed by atoms with Gasteiger partial charge in [-0.1, -0.05) is 30.3 Å². The van der Waals surface area contributed by atoms with E-state index < -0.39 is 12.0 Å². The molecule has 0 unspecified atom stereocenters. The number of halogens is 1. The number of ether oxygens (including phenoxy) is 1. The molecule has 6 heteroatoms. The highest BCUT2D eigenvalue weighted by molar-refractivity contribution is 8.93. The van der Waals surface area contributed by atoms with Crippen LogP contribution in [0.5, 0.6) is 0 Å². The van der Waals surface area contributed by atoms with E-state index in [2.05, 4.69) is 10.6 Å². The van der Waals surface area contributed by atoms with Crippen molar-refractivity contribution in [3.63, 3.8) is 0 Å². The van der Waals surface area contributed by atoms with E-state index in [1.54, 1.807) is 0 Å². The standard InChI is InChI=1S/C15H20N2O3.BrH/c1-20-15(19)13(10-11-6-3-2-4-7-11)17-14(18)12-8-5-9-16-12;/h2-4,6-7,12-13,16H,5,8-10H2,1H3,(H,17,18);1H/t12-,13-;/m0./s1. The number of carbonyl (C=O) groups is 2. The van der Waals surface area contributed by atoms with Gasteiger partial charge >= 0.3 is 5.97 Å². The smallest absolute Gasteiger partial charge is 0.328 e. The lowest BCUT2D eigenvalue weighted by atomic mass is 10.1. The van der Waals surface area contributed by atoms with E-state index in [9.17, 15) is 9.59 Å². The molecule has 2 atom stereocenters. The predicted octanol–water partition coefficient (Wildman–Crippen LogP) is 1.22. The summed E-state index contributed by atoms with van der Waals surface area (Å²) >= 11 is 0. The third-order valence-corrected chi connectivity index (χ3v) is 3.46. The third kappa shape index (κ3) is 5.13. The molecule has 0 aromatic heterocycles. The minimum Gasteiger partial charge on any atom is -0.467 e. The second kappa shape index (κ2) is 8.79. The largest absolute Gasteiger partial charge is 0.467 e. The van der Waals surface area contributed by atoms with E-state index in [-0.39, 0.29) is 28.9 Å². The zero-order valence-corrected chi connectivity index (χ0v) is 13.7. The van der Waals surface area contributed by atoms with Gasteiger partial charge in [0.15, 0.2) is 0 Å². The van der Waals surface area contributed by atoms with Crippen LogP contribution >= 0.6 is 17.0 Å². The number of carbonyl (C=O) groups excluding carboxylic acids is 2. The van der Waals surface area contributed by atoms with Crippen molar-refractivity contribution in [1.82, 2.24) is 10.6 Å². The number of amides is 1. The van der Waals surface area contributed by atoms with Crippen molar-refractivity contribution in [3.05, 3.63) is 35.9 Å². The van der Waals surface area contributed by atoms with E-state index in [1.165, 1.54) is 7.11 Å². The van der Waals surface area contributed by atoms with Crippen molar-refractivity contribution in [2.24, 2.45) is 0 Å². The SMILES string of the molecule is Br.COC(=O)[C@H](Cc1ccccc1)NC(=O)[C@@H]1CCCN1. The van der Waals surface area contributed by atoms with E-state index in [0.29, 0.717) is 6.42 Å². The topological polar surface area (TPSA) is 67.4 Å². The quantitative estimate of drug-likeness (QED) is 0.778. The van der Waals surface area contributed by atoms with E-state index in [4.69, 9.17) is 4.74 Å². The Morgan fingerprint density at radius 1 is 1.38 bits per heavy atom. The zero-order valence-electron chi connectivity index (χ0n) is 12.0. The van der Waals surface area contributed by atoms with Crippen LogP contribution < -0.4 is 10.6 Å². The lowest BCUT2D eigenvalue weighted by Crippen LogP contribution is -2.49. The Morgan fingerprint density at radius 2 is 2.10 bits per heavy atom. The summed E-state index contributed by atoms with van der Waals surface area (Å²) in [6.45, 7) is 0.847. The number of hydrogen-bond donors (Lipinski definition) is 2. The van der Waals surface area contributed by atoms with E-state index in [0.717, 1.165) is 24.9 Å². The maximum atomic E-state index is 12.1. The molecule has 0 saturated carbocycles. The van der Waals surface area contributed by atoms with E-state index >= 15 is 0 Å². The van der Waals surface area contributed by atoms with Gasteiger partial charge < -0.3 is 15.4 Å². The van der Waals surface area contributed by atoms with Gasteiger partial charge in [-0.2, -0.15) is 0 Å². The minimum absolute atomic E-state index is 0. The molecule has 0 bridgehead atoms. The Kier molecular flexibility index (Phi) is 7.39. The zero-order chi connectivity index (χ0) is 14.4. The average Bonchev–Trinajstić information content (AvgIpc) is 3.01. The molecule has 0 aliphatic carbocycles. The molecule has 0 spiro atoms. The van der Waals surface area contributed by atoms with Gasteiger partial charge in [0, 0.05) is 6.42 Å². The van der Waals surface area contributed by atoms with Gasteiger partial charge in [-0.15, -0.1) is 17.0 Å². The van der Waals surface area contributed by atoms with Crippen LogP contribution in [0.1, 0.15) is 18.4 Å². The number of esters is 1. The highest BCUT2D eigenvalue weighted by Gasteiger charge is 2.27. The van der Waals surface area contributed by atoms with Crippen LogP contribution in [0.15, 0.2) is 30.3 Å². The number of methoxy groups -OCH3 is 1. The highest BCUT2D eigenvalue weighted by atomic mass is 79.9. The first-order chi connectivity index (χ1) is 9.70. The molecule has 1 aliphatic rings. The van der Waals surface area contributed by atoms with Crippen LogP contribution in [-0.4, -0.2) is 37.6 Å². The molecule has 1 fully saturated rings. The second-order valence-electron chi connectivity index (χ2n) is 4.92. The second-order valence-corrected chi connectivity index (χ2v) is 4.92. The van der Waals surface area contributed by atoms with Crippen LogP contribution in [0, 0.1) is 0 Å². The minimum atomic E-state index is -0.641. The van der Waals surface area contributed by atoms with Gasteiger partial charge in [0.05, 0.1) is 13.2 Å². The maximum Gasteiger partial charge on any atom is 0.328 e. The molecule has 1 aromatic rings. The summed E-state index contributed by atoms with van der Waals surface area (Å²) < 4.78 is 4.77. The average molecular weight is 357 g/mol. The van der Waals surface area contributed by atoms with Crippen LogP contribution in [-0.2, 0) is 20.7 Å². The summed E-state index contributed by atoms with van der Waals surface area (Å²) in [6, 6.07) is 8.74. The molecule has 1 heterocycles. The lowest BCUT2D eigenvalue weighted by Gasteiger charge is -2.19. The van der Waals surface area contributed by atoms with Crippen LogP contribution in [0.4, 0.5) is 0 Å². The molecule has 116 valence electrons. The lowest BCUT2D eigenvalue weighted by molar-refractivity contribution is -0.145. The molecule has 2 rings (SSSR count). The first-order valence-electron chi connectivity index (χ1n) is 6.86. The summed E-state index contributed by atoms with van der Waals surface area (Å²) in [5, 5.41) is 5.90. The molecule has 0 radical (unpaired) electrons. The van der Waals surface area contributed by atoms with Crippen molar-refractivity contribution in [2.45, 2.75) is 31.3 Å². The summed E-state index contributed by atoms with van der Waals surface area (Å²) in [5.74, 6) is -0.547. The first kappa shape index (κ1) is 17.7. The van der Waals surface area contributed by atoms with Crippen molar-refractivity contribution in [3.8, 4) is 0 Å². The Labute approximate surface area is 135 Å². The van der Waals surface area contributed by atoms with Gasteiger partial charge in [0.2, 0.25) is 5.91 Å². The fourth-order valence-electron chi connectivity index (χ4n) is 2.37. The predicted molar refractivity (Wildman–Crippen MR) is 85.4 cm³/mol. The Hall–Kier alpha value is -1.40. The van der Waals surface area contributed by atoms with Crippen LogP contribution in [0.2, 0.25) is 0 Å². The first-order valence-corrected chi connectivity index (χ1v) is 6.86. The maximum absolute atomic E-state index is 12.1. The highest BCUT2D eigenvalue weighted by Crippen LogP contribution is 2.08. The summed E-state index contributed by atoms with van der Waals surface area (Å²) in [6.07, 6.45) is 2.23. The summed E-state index contributed by atoms with van der Waals surface area (Å²) in [4.78, 5) is 23.9. The normalized spacial score (nSPS) is 18.4. The molecule has 2 N–H and O–H groups in total. The summed E-state index contributed by atoms with van der Waals surface area (Å²) in [5.41, 5.74) is 0.989. The molecule has 1 aromatic carbocycles. The molecule has 1 amide bonds. The monoisotopic (exact) mass is 356 g/mol. The molecular weight excluding hydrogens is 336 g/mol. The Balaban J connectivity index is 0.00000220. The fourth-order valence-corrected chi connectivity index (χ4v) is 2.37. The molecule has 1 aliphatic heterocycles. The fraction of sp³-hybridized carbons (Fsp3) is 0.467. The van der Waals surface area contributed by atoms with Gasteiger partial charge in [-0.05, 0) is 24.9 Å². The summed E-state index contributed by atoms with van der Waals surface area (Å²) in [7, 11) is 1.33. The van der Waals surface area contributed by atoms with E-state index in [1.807, 2.05) is 30.3 Å². The number of benzene rings is 1. The van der Waals surface area contributed by atoms with Crippen molar-refractivity contribution in [2.75, 3.05) is 13.7 Å². The molecule has 1 saturated heterocycles. The number of hydrogen-bond acceptors (Lipinski definition) is 4. The van der Waals surface area contributed by atoms with Gasteiger partial charge in [0.1, 0.15) is 6.04 Å². The van der Waals surface area contributed by atoms with Crippen molar-refractivity contribution in [1.29, 1.82) is 0 Å². The van der Waals surface area contributed by atoms with Gasteiger partial charge in [-0.25, -0.2) is 4.79 Å². The van der Waals surface area contributed by atoms with Gasteiger partial charge in [-0.3, -0.25) is 4.79 Å². The Morgan fingerprint density at radius 3 is 2.67 bits per heavy atom. The third-order valence-electron chi connectivity index (χ3n) is 3.46. The van der Waals surface area contributed by atoms with Crippen molar-refractivity contribution < 1.29 is 14.3 Å². The molecule has 21 heavy (non-hydrogen) atoms. The Bertz CT molecular complexity index is 461. The van der Waals surface area contributed by atoms with Crippen molar-refractivity contribution >= 4 is 28.9 Å². The number of rotatable bonds is 5. The molecule has 5 nitrogen and oxygen atoms in total.